The normalized spacial score (nSPS) is 10.4. The molecule has 5 heteroatoms. The summed E-state index contributed by atoms with van der Waals surface area (Å²) >= 11 is 1.72. The zero-order chi connectivity index (χ0) is 13.7. The van der Waals surface area contributed by atoms with E-state index in [4.69, 9.17) is 5.11 Å². The van der Waals surface area contributed by atoms with E-state index >= 15 is 0 Å². The Morgan fingerprint density at radius 1 is 1.28 bits per heavy atom. The summed E-state index contributed by atoms with van der Waals surface area (Å²) in [4.78, 5) is 24.7. The molecular weight excluding hydrogens is 250 g/mol. The highest BCUT2D eigenvalue weighted by Gasteiger charge is 2.14. The average molecular weight is 267 g/mol. The van der Waals surface area contributed by atoms with E-state index in [1.165, 1.54) is 11.9 Å². The summed E-state index contributed by atoms with van der Waals surface area (Å²) in [6, 6.07) is 7.22. The Balaban J connectivity index is 2.72. The summed E-state index contributed by atoms with van der Waals surface area (Å²) < 4.78 is 0. The molecule has 0 bridgehead atoms. The molecule has 0 spiro atoms. The fraction of sp³-hybridized carbons (Fsp3) is 0.385. The monoisotopic (exact) mass is 267 g/mol. The van der Waals surface area contributed by atoms with Gasteiger partial charge in [-0.3, -0.25) is 9.59 Å². The molecule has 0 fully saturated rings. The lowest BCUT2D eigenvalue weighted by atomic mass is 10.2. The summed E-state index contributed by atoms with van der Waals surface area (Å²) in [5.74, 6) is -1.30. The highest BCUT2D eigenvalue weighted by Crippen LogP contribution is 2.23. The Morgan fingerprint density at radius 2 is 1.83 bits per heavy atom. The van der Waals surface area contributed by atoms with E-state index in [9.17, 15) is 9.59 Å². The first-order chi connectivity index (χ1) is 8.40. The molecule has 4 nitrogen and oxygen atoms in total. The van der Waals surface area contributed by atoms with Crippen LogP contribution < -0.4 is 0 Å². The van der Waals surface area contributed by atoms with Crippen LogP contribution in [0.15, 0.2) is 29.2 Å². The first-order valence-corrected chi connectivity index (χ1v) is 6.52. The number of amides is 1. The van der Waals surface area contributed by atoms with E-state index in [1.807, 2.05) is 12.1 Å². The van der Waals surface area contributed by atoms with Crippen molar-refractivity contribution in [1.82, 2.24) is 4.90 Å². The zero-order valence-corrected chi connectivity index (χ0v) is 11.5. The van der Waals surface area contributed by atoms with Gasteiger partial charge in [0.25, 0.3) is 5.91 Å². The number of hydrogen-bond donors (Lipinski definition) is 1. The van der Waals surface area contributed by atoms with Crippen LogP contribution in [0.2, 0.25) is 0 Å². The number of likely N-dealkylation sites (N-methyl/N-ethyl adjacent to an activating group) is 1. The Kier molecular flexibility index (Phi) is 5.22. The minimum absolute atomic E-state index is 0.279. The van der Waals surface area contributed by atoms with Crippen LogP contribution in [0.3, 0.4) is 0 Å². The van der Waals surface area contributed by atoms with Gasteiger partial charge in [0.1, 0.15) is 6.54 Å². The molecule has 0 saturated carbocycles. The molecule has 0 atom stereocenters. The highest BCUT2D eigenvalue weighted by atomic mass is 32.2. The number of carbonyl (C=O) groups is 2. The predicted octanol–water partition coefficient (Wildman–Crippen LogP) is 2.34. The summed E-state index contributed by atoms with van der Waals surface area (Å²) in [5.41, 5.74) is 0.506. The van der Waals surface area contributed by atoms with Gasteiger partial charge in [-0.2, -0.15) is 0 Å². The molecule has 1 aromatic rings. The molecule has 0 unspecified atom stereocenters. The first-order valence-electron chi connectivity index (χ1n) is 5.64. The SMILES string of the molecule is CC(C)Sc1ccc(C(=O)N(C)CC(=O)O)cc1. The van der Waals surface area contributed by atoms with Gasteiger partial charge in [-0.15, -0.1) is 11.8 Å². The smallest absolute Gasteiger partial charge is 0.323 e. The molecule has 1 N–H and O–H groups in total. The number of aliphatic carboxylic acids is 1. The Labute approximate surface area is 111 Å². The van der Waals surface area contributed by atoms with Crippen molar-refractivity contribution >= 4 is 23.6 Å². The third kappa shape index (κ3) is 4.41. The molecule has 98 valence electrons. The first kappa shape index (κ1) is 14.6. The van der Waals surface area contributed by atoms with E-state index in [0.29, 0.717) is 10.8 Å². The van der Waals surface area contributed by atoms with Crippen LogP contribution in [0.1, 0.15) is 24.2 Å². The minimum atomic E-state index is -1.02. The van der Waals surface area contributed by atoms with Crippen molar-refractivity contribution in [2.24, 2.45) is 0 Å². The van der Waals surface area contributed by atoms with Gasteiger partial charge < -0.3 is 10.0 Å². The van der Waals surface area contributed by atoms with Crippen molar-refractivity contribution in [3.05, 3.63) is 29.8 Å². The molecule has 1 rings (SSSR count). The van der Waals surface area contributed by atoms with Gasteiger partial charge in [-0.05, 0) is 24.3 Å². The van der Waals surface area contributed by atoms with Gasteiger partial charge in [0.2, 0.25) is 0 Å². The van der Waals surface area contributed by atoms with E-state index in [2.05, 4.69) is 13.8 Å². The summed E-state index contributed by atoms with van der Waals surface area (Å²) in [7, 11) is 1.48. The molecule has 0 heterocycles. The Hall–Kier alpha value is -1.49. The molecule has 0 radical (unpaired) electrons. The van der Waals surface area contributed by atoms with Crippen LogP contribution in [-0.4, -0.2) is 40.7 Å². The maximum Gasteiger partial charge on any atom is 0.323 e. The third-order valence-electron chi connectivity index (χ3n) is 2.19. The number of thioether (sulfide) groups is 1. The van der Waals surface area contributed by atoms with Crippen molar-refractivity contribution in [1.29, 1.82) is 0 Å². The maximum atomic E-state index is 11.9. The minimum Gasteiger partial charge on any atom is -0.480 e. The van der Waals surface area contributed by atoms with Gasteiger partial charge in [-0.1, -0.05) is 13.8 Å². The number of benzene rings is 1. The van der Waals surface area contributed by atoms with Crippen LogP contribution in [0, 0.1) is 0 Å². The number of carboxylic acids is 1. The number of hydrogen-bond acceptors (Lipinski definition) is 3. The van der Waals surface area contributed by atoms with Gasteiger partial charge in [-0.25, -0.2) is 0 Å². The van der Waals surface area contributed by atoms with Crippen LogP contribution >= 0.6 is 11.8 Å². The molecule has 0 saturated heterocycles. The van der Waals surface area contributed by atoms with Crippen molar-refractivity contribution in [3.8, 4) is 0 Å². The Morgan fingerprint density at radius 3 is 2.28 bits per heavy atom. The maximum absolute atomic E-state index is 11.9. The van der Waals surface area contributed by atoms with Crippen molar-refractivity contribution < 1.29 is 14.7 Å². The highest BCUT2D eigenvalue weighted by molar-refractivity contribution is 7.99. The van der Waals surface area contributed by atoms with E-state index in [0.717, 1.165) is 4.90 Å². The molecule has 0 aliphatic carbocycles. The second kappa shape index (κ2) is 6.44. The Bertz CT molecular complexity index is 428. The average Bonchev–Trinajstić information content (AvgIpc) is 2.27. The molecule has 0 aromatic heterocycles. The van der Waals surface area contributed by atoms with E-state index < -0.39 is 5.97 Å². The molecule has 18 heavy (non-hydrogen) atoms. The molecule has 1 aromatic carbocycles. The number of carbonyl (C=O) groups excluding carboxylic acids is 1. The zero-order valence-electron chi connectivity index (χ0n) is 10.7. The topological polar surface area (TPSA) is 57.6 Å². The van der Waals surface area contributed by atoms with Crippen LogP contribution in [-0.2, 0) is 4.79 Å². The van der Waals surface area contributed by atoms with Gasteiger partial charge in [0.05, 0.1) is 0 Å². The van der Waals surface area contributed by atoms with Crippen LogP contribution in [0.25, 0.3) is 0 Å². The van der Waals surface area contributed by atoms with Gasteiger partial charge in [0.15, 0.2) is 0 Å². The second-order valence-corrected chi connectivity index (χ2v) is 5.90. The molecule has 0 aliphatic heterocycles. The van der Waals surface area contributed by atoms with Crippen molar-refractivity contribution in [2.75, 3.05) is 13.6 Å². The standard InChI is InChI=1S/C13H17NO3S/c1-9(2)18-11-6-4-10(5-7-11)13(17)14(3)8-12(15)16/h4-7,9H,8H2,1-3H3,(H,15,16). The van der Waals surface area contributed by atoms with E-state index in [-0.39, 0.29) is 12.5 Å². The summed E-state index contributed by atoms with van der Waals surface area (Å²) in [5, 5.41) is 9.11. The fourth-order valence-corrected chi connectivity index (χ4v) is 2.28. The van der Waals surface area contributed by atoms with E-state index in [1.54, 1.807) is 23.9 Å². The van der Waals surface area contributed by atoms with Crippen molar-refractivity contribution in [2.45, 2.75) is 24.0 Å². The predicted molar refractivity (Wildman–Crippen MR) is 72.0 cm³/mol. The third-order valence-corrected chi connectivity index (χ3v) is 3.21. The number of nitrogens with zero attached hydrogens (tertiary/aromatic N) is 1. The van der Waals surface area contributed by atoms with Crippen LogP contribution in [0.5, 0.6) is 0 Å². The molecular formula is C13H17NO3S. The van der Waals surface area contributed by atoms with Crippen LogP contribution in [0.4, 0.5) is 0 Å². The lowest BCUT2D eigenvalue weighted by Crippen LogP contribution is -2.31. The number of carboxylic acid groups (broad SMARTS) is 1. The lowest BCUT2D eigenvalue weighted by Gasteiger charge is -2.14. The fourth-order valence-electron chi connectivity index (χ4n) is 1.44. The van der Waals surface area contributed by atoms with Gasteiger partial charge >= 0.3 is 5.97 Å². The largest absolute Gasteiger partial charge is 0.480 e. The summed E-state index contributed by atoms with van der Waals surface area (Å²) in [6.45, 7) is 3.91. The molecule has 0 aliphatic rings. The quantitative estimate of drug-likeness (QED) is 0.832. The van der Waals surface area contributed by atoms with Crippen molar-refractivity contribution in [3.63, 3.8) is 0 Å². The van der Waals surface area contributed by atoms with Gasteiger partial charge in [0, 0.05) is 22.8 Å². The second-order valence-electron chi connectivity index (χ2n) is 4.25. The number of rotatable bonds is 5. The lowest BCUT2D eigenvalue weighted by molar-refractivity contribution is -0.137. The summed E-state index contributed by atoms with van der Waals surface area (Å²) in [6.07, 6.45) is 0. The molecule has 1 amide bonds.